The van der Waals surface area contributed by atoms with Crippen molar-refractivity contribution in [3.63, 3.8) is 0 Å². The van der Waals surface area contributed by atoms with E-state index in [0.717, 1.165) is 0 Å². The summed E-state index contributed by atoms with van der Waals surface area (Å²) in [4.78, 5) is 25.2. The van der Waals surface area contributed by atoms with Gasteiger partial charge in [-0.1, -0.05) is 17.7 Å². The highest BCUT2D eigenvalue weighted by Crippen LogP contribution is 2.36. The summed E-state index contributed by atoms with van der Waals surface area (Å²) in [5.74, 6) is 0.629. The predicted octanol–water partition coefficient (Wildman–Crippen LogP) is 4.15. The summed E-state index contributed by atoms with van der Waals surface area (Å²) in [6.07, 6.45) is 6.20. The number of amides is 1. The first-order valence-electron chi connectivity index (χ1n) is 10.7. The Kier molecular flexibility index (Phi) is 6.57. The van der Waals surface area contributed by atoms with Crippen LogP contribution in [-0.2, 0) is 12.1 Å². The zero-order valence-electron chi connectivity index (χ0n) is 19.5. The second-order valence-electron chi connectivity index (χ2n) is 8.74. The number of aromatic nitrogens is 5. The molecule has 0 aliphatic carbocycles. The van der Waals surface area contributed by atoms with Crippen molar-refractivity contribution in [3.8, 4) is 17.0 Å². The predicted molar refractivity (Wildman–Crippen MR) is 134 cm³/mol. The van der Waals surface area contributed by atoms with Crippen LogP contribution < -0.4 is 21.5 Å². The number of hydrogen-bond acceptors (Lipinski definition) is 8. The largest absolute Gasteiger partial charge is 0.485 e. The molecule has 35 heavy (non-hydrogen) atoms. The molecule has 0 radical (unpaired) electrons. The normalized spacial score (nSPS) is 11.3. The van der Waals surface area contributed by atoms with Gasteiger partial charge in [0, 0.05) is 24.2 Å². The lowest BCUT2D eigenvalue weighted by Crippen LogP contribution is -2.25. The van der Waals surface area contributed by atoms with Gasteiger partial charge >= 0.3 is 0 Å². The molecule has 0 bridgehead atoms. The average molecular weight is 493 g/mol. The Labute approximate surface area is 207 Å². The van der Waals surface area contributed by atoms with Crippen molar-refractivity contribution in [2.45, 2.75) is 32.9 Å². The number of rotatable bonds is 7. The SMILES string of the molecule is CC(C)(C)n1nc(-c2ccc(N)c(OCc3ccc(Cl)cn3)c2)c(C(N)=O)c1Nc1cnccn1. The number of anilines is 3. The molecule has 4 aromatic rings. The van der Waals surface area contributed by atoms with Crippen molar-refractivity contribution in [2.24, 2.45) is 5.73 Å². The topological polar surface area (TPSA) is 147 Å². The van der Waals surface area contributed by atoms with Crippen LogP contribution in [0.2, 0.25) is 5.02 Å². The first-order chi connectivity index (χ1) is 16.6. The van der Waals surface area contributed by atoms with E-state index in [-0.39, 0.29) is 12.2 Å². The fraction of sp³-hybridized carbons (Fsp3) is 0.208. The van der Waals surface area contributed by atoms with Crippen LogP contribution in [0, 0.1) is 0 Å². The lowest BCUT2D eigenvalue weighted by molar-refractivity contribution is 0.100. The number of benzene rings is 1. The van der Waals surface area contributed by atoms with Crippen LogP contribution in [0.3, 0.4) is 0 Å². The molecule has 10 nitrogen and oxygen atoms in total. The summed E-state index contributed by atoms with van der Waals surface area (Å²) in [6.45, 7) is 6.08. The van der Waals surface area contributed by atoms with Crippen molar-refractivity contribution >= 4 is 34.8 Å². The third-order valence-electron chi connectivity index (χ3n) is 5.03. The van der Waals surface area contributed by atoms with Gasteiger partial charge in [-0.05, 0) is 45.0 Å². The highest BCUT2D eigenvalue weighted by atomic mass is 35.5. The number of halogens is 1. The number of carbonyl (C=O) groups excluding carboxylic acids is 1. The van der Waals surface area contributed by atoms with E-state index < -0.39 is 11.4 Å². The molecule has 0 saturated heterocycles. The van der Waals surface area contributed by atoms with Crippen LogP contribution in [0.5, 0.6) is 5.75 Å². The van der Waals surface area contributed by atoms with Crippen molar-refractivity contribution in [3.05, 3.63) is 71.4 Å². The van der Waals surface area contributed by atoms with Gasteiger partial charge in [-0.3, -0.25) is 14.8 Å². The fourth-order valence-corrected chi connectivity index (χ4v) is 3.50. The van der Waals surface area contributed by atoms with Crippen LogP contribution in [0.4, 0.5) is 17.3 Å². The van der Waals surface area contributed by atoms with Crippen LogP contribution in [-0.4, -0.2) is 30.6 Å². The second-order valence-corrected chi connectivity index (χ2v) is 9.18. The van der Waals surface area contributed by atoms with Gasteiger partial charge in [0.05, 0.1) is 28.1 Å². The lowest BCUT2D eigenvalue weighted by Gasteiger charge is -2.22. The molecule has 5 N–H and O–H groups in total. The molecule has 0 fully saturated rings. The summed E-state index contributed by atoms with van der Waals surface area (Å²) in [7, 11) is 0. The summed E-state index contributed by atoms with van der Waals surface area (Å²) < 4.78 is 7.61. The maximum Gasteiger partial charge on any atom is 0.254 e. The number of nitrogens with two attached hydrogens (primary N) is 2. The Hall–Kier alpha value is -4.18. The molecular weight excluding hydrogens is 468 g/mol. The smallest absolute Gasteiger partial charge is 0.254 e. The molecule has 1 aromatic carbocycles. The zero-order chi connectivity index (χ0) is 25.2. The molecule has 1 amide bonds. The summed E-state index contributed by atoms with van der Waals surface area (Å²) >= 11 is 5.90. The Morgan fingerprint density at radius 2 is 1.94 bits per heavy atom. The number of pyridine rings is 1. The van der Waals surface area contributed by atoms with Gasteiger partial charge in [0.15, 0.2) is 0 Å². The lowest BCUT2D eigenvalue weighted by atomic mass is 10.1. The van der Waals surface area contributed by atoms with E-state index in [1.54, 1.807) is 59.8 Å². The fourth-order valence-electron chi connectivity index (χ4n) is 3.39. The van der Waals surface area contributed by atoms with Crippen LogP contribution in [0.1, 0.15) is 36.8 Å². The Morgan fingerprint density at radius 3 is 2.57 bits per heavy atom. The number of nitrogen functional groups attached to an aromatic ring is 1. The molecule has 0 aliphatic rings. The minimum atomic E-state index is -0.647. The third-order valence-corrected chi connectivity index (χ3v) is 5.25. The molecule has 180 valence electrons. The van der Waals surface area contributed by atoms with Gasteiger partial charge in [0.1, 0.15) is 35.2 Å². The van der Waals surface area contributed by atoms with E-state index in [9.17, 15) is 4.79 Å². The maximum absolute atomic E-state index is 12.7. The number of nitrogens with zero attached hydrogens (tertiary/aromatic N) is 5. The van der Waals surface area contributed by atoms with Crippen molar-refractivity contribution in [1.82, 2.24) is 24.7 Å². The van der Waals surface area contributed by atoms with Gasteiger partial charge in [0.25, 0.3) is 5.91 Å². The molecule has 4 rings (SSSR count). The van der Waals surface area contributed by atoms with Gasteiger partial charge in [-0.25, -0.2) is 9.67 Å². The third kappa shape index (κ3) is 5.33. The highest BCUT2D eigenvalue weighted by Gasteiger charge is 2.29. The quantitative estimate of drug-likeness (QED) is 0.326. The van der Waals surface area contributed by atoms with Crippen molar-refractivity contribution < 1.29 is 9.53 Å². The van der Waals surface area contributed by atoms with Crippen LogP contribution in [0.15, 0.2) is 55.1 Å². The van der Waals surface area contributed by atoms with E-state index in [0.29, 0.717) is 45.0 Å². The van der Waals surface area contributed by atoms with E-state index in [1.165, 1.54) is 0 Å². The van der Waals surface area contributed by atoms with Crippen molar-refractivity contribution in [1.29, 1.82) is 0 Å². The Bertz CT molecular complexity index is 1350. The molecule has 11 heteroatoms. The summed E-state index contributed by atoms with van der Waals surface area (Å²) in [5.41, 5.74) is 13.8. The van der Waals surface area contributed by atoms with E-state index in [2.05, 4.69) is 20.3 Å². The monoisotopic (exact) mass is 492 g/mol. The van der Waals surface area contributed by atoms with E-state index >= 15 is 0 Å². The highest BCUT2D eigenvalue weighted by molar-refractivity contribution is 6.30. The molecule has 0 atom stereocenters. The molecule has 0 saturated carbocycles. The molecular formula is C24H25ClN8O2. The summed E-state index contributed by atoms with van der Waals surface area (Å²) in [5, 5.41) is 8.43. The average Bonchev–Trinajstić information content (AvgIpc) is 3.20. The minimum absolute atomic E-state index is 0.184. The van der Waals surface area contributed by atoms with Crippen LogP contribution >= 0.6 is 11.6 Å². The first kappa shape index (κ1) is 24.0. The number of primary amides is 1. The number of carbonyl (C=O) groups is 1. The summed E-state index contributed by atoms with van der Waals surface area (Å²) in [6, 6.07) is 8.67. The molecule has 0 unspecified atom stereocenters. The number of hydrogen-bond donors (Lipinski definition) is 3. The zero-order valence-corrected chi connectivity index (χ0v) is 20.2. The van der Waals surface area contributed by atoms with Crippen molar-refractivity contribution in [2.75, 3.05) is 11.1 Å². The van der Waals surface area contributed by atoms with Gasteiger partial charge in [0.2, 0.25) is 0 Å². The minimum Gasteiger partial charge on any atom is -0.485 e. The molecule has 3 heterocycles. The Morgan fingerprint density at radius 1 is 1.14 bits per heavy atom. The van der Waals surface area contributed by atoms with E-state index in [4.69, 9.17) is 32.9 Å². The number of nitrogens with one attached hydrogen (secondary N) is 1. The maximum atomic E-state index is 12.7. The molecule has 3 aromatic heterocycles. The second kappa shape index (κ2) is 9.59. The number of ether oxygens (including phenoxy) is 1. The van der Waals surface area contributed by atoms with Gasteiger partial charge in [-0.15, -0.1) is 0 Å². The van der Waals surface area contributed by atoms with Crippen LogP contribution in [0.25, 0.3) is 11.3 Å². The Balaban J connectivity index is 1.76. The van der Waals surface area contributed by atoms with Gasteiger partial charge in [-0.2, -0.15) is 5.10 Å². The molecule has 0 spiro atoms. The molecule has 0 aliphatic heterocycles. The van der Waals surface area contributed by atoms with E-state index in [1.807, 2.05) is 20.8 Å². The standard InChI is InChI=1S/C24H25ClN8O2/c1-24(2,3)33-23(31-19-12-28-8-9-29-19)20(22(27)34)21(32-33)14-4-7-17(26)18(10-14)35-13-16-6-5-15(25)11-30-16/h4-12H,13,26H2,1-3H3,(H2,27,34)(H,29,31). The van der Waals surface area contributed by atoms with Gasteiger partial charge < -0.3 is 21.5 Å². The first-order valence-corrected chi connectivity index (χ1v) is 11.1.